The Labute approximate surface area is 102 Å². The van der Waals surface area contributed by atoms with Crippen LogP contribution in [0.15, 0.2) is 12.1 Å². The largest absolute Gasteiger partial charge is 0.462 e. The smallest absolute Gasteiger partial charge is 0.339 e. The molecule has 0 aromatic heterocycles. The number of ether oxygens (including phenoxy) is 1. The molecule has 0 fully saturated rings. The van der Waals surface area contributed by atoms with Gasteiger partial charge in [-0.15, -0.1) is 0 Å². The predicted molar refractivity (Wildman–Crippen MR) is 65.9 cm³/mol. The lowest BCUT2D eigenvalue weighted by molar-refractivity contribution is 0.0524. The van der Waals surface area contributed by atoms with E-state index in [1.807, 2.05) is 26.0 Å². The van der Waals surface area contributed by atoms with Gasteiger partial charge in [-0.2, -0.15) is 5.26 Å². The van der Waals surface area contributed by atoms with E-state index in [0.717, 1.165) is 17.5 Å². The van der Waals surface area contributed by atoms with Crippen LogP contribution in [0.2, 0.25) is 0 Å². The third kappa shape index (κ3) is 2.65. The van der Waals surface area contributed by atoms with Gasteiger partial charge in [0.1, 0.15) is 6.07 Å². The van der Waals surface area contributed by atoms with Gasteiger partial charge in [-0.1, -0.05) is 26.0 Å². The van der Waals surface area contributed by atoms with Crippen molar-refractivity contribution in [3.8, 4) is 6.07 Å². The summed E-state index contributed by atoms with van der Waals surface area (Å²) in [7, 11) is 0. The molecule has 0 heterocycles. The summed E-state index contributed by atoms with van der Waals surface area (Å²) in [6, 6.07) is 5.95. The zero-order chi connectivity index (χ0) is 12.8. The Kier molecular flexibility index (Phi) is 4.71. The highest BCUT2D eigenvalue weighted by atomic mass is 16.5. The normalized spacial score (nSPS) is 9.76. The van der Waals surface area contributed by atoms with Crippen molar-refractivity contribution in [2.24, 2.45) is 0 Å². The summed E-state index contributed by atoms with van der Waals surface area (Å²) in [6.45, 7) is 6.02. The van der Waals surface area contributed by atoms with Crippen molar-refractivity contribution >= 4 is 5.97 Å². The molecule has 0 aliphatic rings. The minimum atomic E-state index is -0.392. The monoisotopic (exact) mass is 231 g/mol. The minimum Gasteiger partial charge on any atom is -0.462 e. The Morgan fingerprint density at radius 1 is 1.24 bits per heavy atom. The van der Waals surface area contributed by atoms with Crippen LogP contribution in [-0.4, -0.2) is 12.6 Å². The topological polar surface area (TPSA) is 50.1 Å². The molecule has 1 aromatic carbocycles. The van der Waals surface area contributed by atoms with E-state index in [2.05, 4.69) is 6.07 Å². The second-order valence-corrected chi connectivity index (χ2v) is 3.67. The third-order valence-electron chi connectivity index (χ3n) is 2.73. The van der Waals surface area contributed by atoms with Gasteiger partial charge in [-0.3, -0.25) is 0 Å². The molecule has 0 saturated heterocycles. The van der Waals surface area contributed by atoms with E-state index in [4.69, 9.17) is 4.74 Å². The molecule has 0 N–H and O–H groups in total. The molecular weight excluding hydrogens is 214 g/mol. The fraction of sp³-hybridized carbons (Fsp3) is 0.429. The van der Waals surface area contributed by atoms with Crippen LogP contribution in [0.4, 0.5) is 0 Å². The summed E-state index contributed by atoms with van der Waals surface area (Å²) < 4.78 is 5.02. The number of carbonyl (C=O) groups is 1. The van der Waals surface area contributed by atoms with Crippen LogP contribution in [0.25, 0.3) is 0 Å². The fourth-order valence-electron chi connectivity index (χ4n) is 1.84. The highest BCUT2D eigenvalue weighted by Crippen LogP contribution is 2.21. The van der Waals surface area contributed by atoms with Gasteiger partial charge in [0.15, 0.2) is 0 Å². The summed E-state index contributed by atoms with van der Waals surface area (Å²) in [6.07, 6.45) is 1.45. The van der Waals surface area contributed by atoms with Gasteiger partial charge in [0.05, 0.1) is 17.7 Å². The van der Waals surface area contributed by atoms with Gasteiger partial charge < -0.3 is 4.74 Å². The van der Waals surface area contributed by atoms with E-state index < -0.39 is 5.97 Å². The Morgan fingerprint density at radius 3 is 2.29 bits per heavy atom. The van der Waals surface area contributed by atoms with Crippen molar-refractivity contribution in [3.05, 3.63) is 34.4 Å². The zero-order valence-corrected chi connectivity index (χ0v) is 10.5. The van der Waals surface area contributed by atoms with Crippen LogP contribution in [0.3, 0.4) is 0 Å². The molecule has 0 aliphatic carbocycles. The first-order valence-electron chi connectivity index (χ1n) is 5.91. The van der Waals surface area contributed by atoms with E-state index in [9.17, 15) is 10.1 Å². The Morgan fingerprint density at radius 2 is 1.82 bits per heavy atom. The van der Waals surface area contributed by atoms with E-state index in [1.54, 1.807) is 6.92 Å². The third-order valence-corrected chi connectivity index (χ3v) is 2.73. The Hall–Kier alpha value is -1.82. The maximum absolute atomic E-state index is 11.9. The lowest BCUT2D eigenvalue weighted by Crippen LogP contribution is -2.12. The Bertz CT molecular complexity index is 458. The number of hydrogen-bond acceptors (Lipinski definition) is 3. The molecule has 0 unspecified atom stereocenters. The highest BCUT2D eigenvalue weighted by Gasteiger charge is 2.19. The molecule has 0 saturated carbocycles. The van der Waals surface area contributed by atoms with Crippen molar-refractivity contribution in [2.45, 2.75) is 33.6 Å². The SMILES string of the molecule is CCOC(=O)c1c(CC)ccc(CC)c1C#N. The fourth-order valence-corrected chi connectivity index (χ4v) is 1.84. The van der Waals surface area contributed by atoms with Crippen LogP contribution >= 0.6 is 0 Å². The van der Waals surface area contributed by atoms with Crippen molar-refractivity contribution in [1.82, 2.24) is 0 Å². The highest BCUT2D eigenvalue weighted by molar-refractivity contribution is 5.94. The summed E-state index contributed by atoms with van der Waals surface area (Å²) in [4.78, 5) is 11.9. The lowest BCUT2D eigenvalue weighted by Gasteiger charge is -2.12. The zero-order valence-electron chi connectivity index (χ0n) is 10.5. The van der Waals surface area contributed by atoms with Crippen LogP contribution in [0, 0.1) is 11.3 Å². The van der Waals surface area contributed by atoms with Gasteiger partial charge >= 0.3 is 5.97 Å². The van der Waals surface area contributed by atoms with Crippen LogP contribution < -0.4 is 0 Å². The molecule has 17 heavy (non-hydrogen) atoms. The molecule has 3 heteroatoms. The van der Waals surface area contributed by atoms with Gasteiger partial charge in [-0.05, 0) is 30.9 Å². The number of esters is 1. The van der Waals surface area contributed by atoms with Crippen LogP contribution in [0.1, 0.15) is 47.8 Å². The number of aryl methyl sites for hydroxylation is 2. The van der Waals surface area contributed by atoms with Crippen molar-refractivity contribution < 1.29 is 9.53 Å². The van der Waals surface area contributed by atoms with E-state index >= 15 is 0 Å². The van der Waals surface area contributed by atoms with Gasteiger partial charge in [0, 0.05) is 0 Å². The van der Waals surface area contributed by atoms with Gasteiger partial charge in [0.2, 0.25) is 0 Å². The van der Waals surface area contributed by atoms with E-state index in [0.29, 0.717) is 24.2 Å². The quantitative estimate of drug-likeness (QED) is 0.749. The maximum atomic E-state index is 11.9. The molecule has 3 nitrogen and oxygen atoms in total. The molecule has 1 rings (SSSR count). The van der Waals surface area contributed by atoms with Crippen LogP contribution in [0.5, 0.6) is 0 Å². The number of benzene rings is 1. The molecule has 0 atom stereocenters. The molecular formula is C14H17NO2. The van der Waals surface area contributed by atoms with Crippen molar-refractivity contribution in [3.63, 3.8) is 0 Å². The average Bonchev–Trinajstić information content (AvgIpc) is 2.36. The second-order valence-electron chi connectivity index (χ2n) is 3.67. The van der Waals surface area contributed by atoms with E-state index in [1.165, 1.54) is 0 Å². The number of carbonyl (C=O) groups excluding carboxylic acids is 1. The molecule has 0 spiro atoms. The summed E-state index contributed by atoms with van der Waals surface area (Å²) in [5.41, 5.74) is 2.67. The van der Waals surface area contributed by atoms with E-state index in [-0.39, 0.29) is 0 Å². The first-order valence-corrected chi connectivity index (χ1v) is 5.91. The summed E-state index contributed by atoms with van der Waals surface area (Å²) >= 11 is 0. The average molecular weight is 231 g/mol. The second kappa shape index (κ2) is 6.05. The molecule has 1 aromatic rings. The number of nitriles is 1. The standard InChI is InChI=1S/C14H17NO2/c1-4-10-7-8-11(5-2)13(12(10)9-15)14(16)17-6-3/h7-8H,4-6H2,1-3H3. The molecule has 90 valence electrons. The van der Waals surface area contributed by atoms with Crippen LogP contribution in [-0.2, 0) is 17.6 Å². The summed E-state index contributed by atoms with van der Waals surface area (Å²) in [5, 5.41) is 9.21. The molecule has 0 aliphatic heterocycles. The predicted octanol–water partition coefficient (Wildman–Crippen LogP) is 2.86. The summed E-state index contributed by atoms with van der Waals surface area (Å²) in [5.74, 6) is -0.392. The van der Waals surface area contributed by atoms with Gasteiger partial charge in [0.25, 0.3) is 0 Å². The molecule has 0 radical (unpaired) electrons. The maximum Gasteiger partial charge on any atom is 0.339 e. The first-order chi connectivity index (χ1) is 8.19. The van der Waals surface area contributed by atoms with Crippen molar-refractivity contribution in [2.75, 3.05) is 6.61 Å². The molecule has 0 amide bonds. The number of nitrogens with zero attached hydrogens (tertiary/aromatic N) is 1. The first kappa shape index (κ1) is 13.2. The number of rotatable bonds is 4. The van der Waals surface area contributed by atoms with Crippen molar-refractivity contribution in [1.29, 1.82) is 5.26 Å². The molecule has 0 bridgehead atoms. The van der Waals surface area contributed by atoms with Gasteiger partial charge in [-0.25, -0.2) is 4.79 Å². The Balaban J connectivity index is 3.41. The minimum absolute atomic E-state index is 0.323. The lowest BCUT2D eigenvalue weighted by atomic mass is 9.94. The number of hydrogen-bond donors (Lipinski definition) is 0.